The molecule has 0 radical (unpaired) electrons. The van der Waals surface area contributed by atoms with Crippen LogP contribution in [0, 0.1) is 0 Å². The Hall–Kier alpha value is -2.60. The maximum Gasteiger partial charge on any atom is 0.243 e. The Bertz CT molecular complexity index is 1180. The molecule has 1 aliphatic heterocycles. The highest BCUT2D eigenvalue weighted by molar-refractivity contribution is 8.00. The number of piperazine rings is 1. The number of likely N-dealkylation sites (N-methyl/N-ethyl adjacent to an activating group) is 1. The molecule has 1 heterocycles. The van der Waals surface area contributed by atoms with E-state index in [0.29, 0.717) is 24.5 Å². The molecular weight excluding hydrogens is 510 g/mol. The van der Waals surface area contributed by atoms with Crippen molar-refractivity contribution in [3.63, 3.8) is 0 Å². The minimum atomic E-state index is -3.67. The van der Waals surface area contributed by atoms with Gasteiger partial charge in [-0.2, -0.15) is 4.31 Å². The highest BCUT2D eigenvalue weighted by Gasteiger charge is 2.25. The summed E-state index contributed by atoms with van der Waals surface area (Å²) < 4.78 is 27.8. The molecule has 202 valence electrons. The van der Waals surface area contributed by atoms with Gasteiger partial charge in [-0.3, -0.25) is 9.59 Å². The van der Waals surface area contributed by atoms with Crippen LogP contribution in [0.1, 0.15) is 27.7 Å². The van der Waals surface area contributed by atoms with E-state index < -0.39 is 10.0 Å². The number of nitrogens with one attached hydrogen (secondary N) is 2. The van der Waals surface area contributed by atoms with Crippen molar-refractivity contribution in [2.45, 2.75) is 37.5 Å². The Morgan fingerprint density at radius 2 is 1.59 bits per heavy atom. The number of thioether (sulfide) groups is 1. The Labute approximate surface area is 224 Å². The number of rotatable bonds is 11. The predicted molar refractivity (Wildman–Crippen MR) is 151 cm³/mol. The number of nitrogens with zero attached hydrogens (tertiary/aromatic N) is 3. The zero-order valence-electron chi connectivity index (χ0n) is 22.0. The topological polar surface area (TPSA) is 102 Å². The highest BCUT2D eigenvalue weighted by Crippen LogP contribution is 2.31. The molecule has 2 amide bonds. The van der Waals surface area contributed by atoms with Crippen LogP contribution in [0.25, 0.3) is 0 Å². The second kappa shape index (κ2) is 13.3. The largest absolute Gasteiger partial charge is 0.367 e. The van der Waals surface area contributed by atoms with Gasteiger partial charge in [0.15, 0.2) is 0 Å². The summed E-state index contributed by atoms with van der Waals surface area (Å²) in [6.45, 7) is 12.4. The first-order chi connectivity index (χ1) is 17.7. The third kappa shape index (κ3) is 7.70. The maximum atomic E-state index is 13.2. The molecule has 0 aliphatic carbocycles. The highest BCUT2D eigenvalue weighted by atomic mass is 32.2. The molecule has 0 atom stereocenters. The van der Waals surface area contributed by atoms with E-state index in [1.807, 2.05) is 32.0 Å². The fraction of sp³-hybridized carbons (Fsp3) is 0.462. The average molecular weight is 548 g/mol. The Kier molecular flexibility index (Phi) is 10.4. The number of carbonyl (C=O) groups excluding carboxylic acids is 2. The number of carbonyl (C=O) groups is 2. The van der Waals surface area contributed by atoms with Crippen LogP contribution in [0.3, 0.4) is 0 Å². The molecule has 1 saturated heterocycles. The number of hydrogen-bond donors (Lipinski definition) is 2. The fourth-order valence-electron chi connectivity index (χ4n) is 4.24. The van der Waals surface area contributed by atoms with Crippen molar-refractivity contribution >= 4 is 50.7 Å². The molecule has 3 rings (SSSR count). The fourth-order valence-corrected chi connectivity index (χ4v) is 6.43. The van der Waals surface area contributed by atoms with Gasteiger partial charge in [0.1, 0.15) is 0 Å². The summed E-state index contributed by atoms with van der Waals surface area (Å²) in [6, 6.07) is 12.3. The SMILES string of the molecule is CCN1CCN(c2ccc(S(=O)(=O)N(CC)CC)cc2NC(=O)CSc2ccc(NC(C)=O)cc2)CC1. The predicted octanol–water partition coefficient (Wildman–Crippen LogP) is 3.55. The molecule has 1 aliphatic rings. The van der Waals surface area contributed by atoms with Gasteiger partial charge in [-0.15, -0.1) is 11.8 Å². The molecule has 0 saturated carbocycles. The molecule has 2 aromatic rings. The van der Waals surface area contributed by atoms with Crippen molar-refractivity contribution < 1.29 is 18.0 Å². The molecule has 0 unspecified atom stereocenters. The van der Waals surface area contributed by atoms with Crippen molar-refractivity contribution in [2.75, 3.05) is 67.1 Å². The summed E-state index contributed by atoms with van der Waals surface area (Å²) >= 11 is 1.37. The van der Waals surface area contributed by atoms with E-state index in [0.717, 1.165) is 43.3 Å². The van der Waals surface area contributed by atoms with Crippen LogP contribution in [-0.2, 0) is 19.6 Å². The van der Waals surface area contributed by atoms with Gasteiger partial charge in [0, 0.05) is 56.8 Å². The van der Waals surface area contributed by atoms with Gasteiger partial charge in [-0.25, -0.2) is 8.42 Å². The molecule has 0 bridgehead atoms. The number of sulfonamides is 1. The molecule has 0 spiro atoms. The Balaban J connectivity index is 1.79. The van der Waals surface area contributed by atoms with Crippen molar-refractivity contribution in [1.29, 1.82) is 0 Å². The summed E-state index contributed by atoms with van der Waals surface area (Å²) in [5.74, 6) is -0.200. The van der Waals surface area contributed by atoms with Crippen LogP contribution in [0.2, 0.25) is 0 Å². The Morgan fingerprint density at radius 1 is 0.946 bits per heavy atom. The van der Waals surface area contributed by atoms with Crippen molar-refractivity contribution in [3.05, 3.63) is 42.5 Å². The van der Waals surface area contributed by atoms with E-state index in [9.17, 15) is 18.0 Å². The van der Waals surface area contributed by atoms with E-state index in [-0.39, 0.29) is 22.5 Å². The molecule has 1 fully saturated rings. The lowest BCUT2D eigenvalue weighted by atomic mass is 10.2. The summed E-state index contributed by atoms with van der Waals surface area (Å²) in [4.78, 5) is 29.8. The molecule has 0 aromatic heterocycles. The van der Waals surface area contributed by atoms with E-state index in [1.54, 1.807) is 24.3 Å². The zero-order valence-corrected chi connectivity index (χ0v) is 23.6. The second-order valence-electron chi connectivity index (χ2n) is 8.73. The van der Waals surface area contributed by atoms with E-state index in [1.165, 1.54) is 23.0 Å². The van der Waals surface area contributed by atoms with Gasteiger partial charge >= 0.3 is 0 Å². The summed E-state index contributed by atoms with van der Waals surface area (Å²) in [6.07, 6.45) is 0. The third-order valence-corrected chi connectivity index (χ3v) is 9.35. The lowest BCUT2D eigenvalue weighted by Crippen LogP contribution is -2.46. The number of benzene rings is 2. The molecule has 2 aromatic carbocycles. The molecule has 11 heteroatoms. The smallest absolute Gasteiger partial charge is 0.243 e. The van der Waals surface area contributed by atoms with E-state index in [4.69, 9.17) is 0 Å². The van der Waals surface area contributed by atoms with Crippen molar-refractivity contribution in [1.82, 2.24) is 9.21 Å². The second-order valence-corrected chi connectivity index (χ2v) is 11.7. The first kappa shape index (κ1) is 29.0. The molecule has 37 heavy (non-hydrogen) atoms. The molecule has 2 N–H and O–H groups in total. The van der Waals surface area contributed by atoms with Gasteiger partial charge in [-0.05, 0) is 49.0 Å². The minimum absolute atomic E-state index is 0.142. The van der Waals surface area contributed by atoms with Gasteiger partial charge in [-0.1, -0.05) is 20.8 Å². The monoisotopic (exact) mass is 547 g/mol. The normalized spacial score (nSPS) is 14.6. The van der Waals surface area contributed by atoms with Crippen LogP contribution in [-0.4, -0.2) is 81.0 Å². The molecular formula is C26H37N5O4S2. The number of anilines is 3. The summed E-state index contributed by atoms with van der Waals surface area (Å²) in [7, 11) is -3.67. The van der Waals surface area contributed by atoms with Crippen molar-refractivity contribution in [2.24, 2.45) is 0 Å². The number of hydrogen-bond acceptors (Lipinski definition) is 7. The summed E-state index contributed by atoms with van der Waals surface area (Å²) in [5.41, 5.74) is 2.03. The van der Waals surface area contributed by atoms with Gasteiger partial charge in [0.05, 0.1) is 22.0 Å². The quantitative estimate of drug-likeness (QED) is 0.415. The van der Waals surface area contributed by atoms with Crippen LogP contribution in [0.5, 0.6) is 0 Å². The van der Waals surface area contributed by atoms with Gasteiger partial charge in [0.25, 0.3) is 0 Å². The standard InChI is InChI=1S/C26H37N5O4S2/c1-5-29-14-16-30(17-15-29)25-13-12-23(37(34,35)31(6-2)7-3)18-24(25)28-26(33)19-36-22-10-8-21(9-11-22)27-20(4)32/h8-13,18H,5-7,14-17,19H2,1-4H3,(H,27,32)(H,28,33). The van der Waals surface area contributed by atoms with E-state index in [2.05, 4.69) is 27.4 Å². The maximum absolute atomic E-state index is 13.2. The summed E-state index contributed by atoms with van der Waals surface area (Å²) in [5, 5.41) is 5.69. The van der Waals surface area contributed by atoms with Crippen LogP contribution >= 0.6 is 11.8 Å². The van der Waals surface area contributed by atoms with Gasteiger partial charge < -0.3 is 20.4 Å². The van der Waals surface area contributed by atoms with Crippen LogP contribution in [0.15, 0.2) is 52.3 Å². The van der Waals surface area contributed by atoms with Crippen LogP contribution in [0.4, 0.5) is 17.1 Å². The molecule has 9 nitrogen and oxygen atoms in total. The van der Waals surface area contributed by atoms with Gasteiger partial charge in [0.2, 0.25) is 21.8 Å². The first-order valence-electron chi connectivity index (χ1n) is 12.6. The van der Waals surface area contributed by atoms with Crippen LogP contribution < -0.4 is 15.5 Å². The van der Waals surface area contributed by atoms with E-state index >= 15 is 0 Å². The lowest BCUT2D eigenvalue weighted by Gasteiger charge is -2.36. The average Bonchev–Trinajstić information content (AvgIpc) is 2.88. The first-order valence-corrected chi connectivity index (χ1v) is 15.0. The zero-order chi connectivity index (χ0) is 27.0. The lowest BCUT2D eigenvalue weighted by molar-refractivity contribution is -0.114. The van der Waals surface area contributed by atoms with Crippen molar-refractivity contribution in [3.8, 4) is 0 Å². The third-order valence-electron chi connectivity index (χ3n) is 6.29. The number of amides is 2. The Morgan fingerprint density at radius 3 is 2.16 bits per heavy atom. The minimum Gasteiger partial charge on any atom is -0.367 e.